The van der Waals surface area contributed by atoms with Crippen molar-refractivity contribution in [2.45, 2.75) is 31.7 Å². The minimum Gasteiger partial charge on any atom is -0.373 e. The van der Waals surface area contributed by atoms with E-state index in [2.05, 4.69) is 32.7 Å². The molecule has 20 heavy (non-hydrogen) atoms. The molecular formula is C15H18N4S. The first-order valence-corrected chi connectivity index (χ1v) is 8.08. The molecule has 1 N–H and O–H groups in total. The van der Waals surface area contributed by atoms with Gasteiger partial charge in [-0.1, -0.05) is 0 Å². The molecule has 2 aromatic heterocycles. The van der Waals surface area contributed by atoms with Crippen molar-refractivity contribution in [2.75, 3.05) is 23.8 Å². The number of nitrogens with zero attached hydrogens (tertiary/aromatic N) is 3. The second-order valence-electron chi connectivity index (χ2n) is 5.53. The fourth-order valence-corrected chi connectivity index (χ4v) is 3.60. The van der Waals surface area contributed by atoms with Crippen LogP contribution in [0.2, 0.25) is 0 Å². The van der Waals surface area contributed by atoms with Crippen molar-refractivity contribution >= 4 is 23.0 Å². The van der Waals surface area contributed by atoms with Crippen molar-refractivity contribution in [2.24, 2.45) is 0 Å². The Morgan fingerprint density at radius 3 is 3.05 bits per heavy atom. The van der Waals surface area contributed by atoms with Crippen LogP contribution < -0.4 is 10.2 Å². The van der Waals surface area contributed by atoms with Crippen LogP contribution in [-0.4, -0.2) is 23.6 Å². The van der Waals surface area contributed by atoms with Crippen LogP contribution >= 0.6 is 11.3 Å². The van der Waals surface area contributed by atoms with Gasteiger partial charge in [0.05, 0.1) is 0 Å². The monoisotopic (exact) mass is 286 g/mol. The lowest BCUT2D eigenvalue weighted by Crippen LogP contribution is -2.30. The fourth-order valence-electron chi connectivity index (χ4n) is 2.71. The molecule has 1 fully saturated rings. The lowest BCUT2D eigenvalue weighted by molar-refractivity contribution is 0.724. The number of nitrogens with one attached hydrogen (secondary N) is 1. The number of fused-ring (bicyclic) bond motifs is 1. The third-order valence-corrected chi connectivity index (χ3v) is 5.08. The maximum atomic E-state index is 4.80. The lowest BCUT2D eigenvalue weighted by atomic mass is 10.1. The van der Waals surface area contributed by atoms with E-state index in [1.165, 1.54) is 23.3 Å². The zero-order chi connectivity index (χ0) is 13.5. The Bertz CT molecular complexity index is 633. The van der Waals surface area contributed by atoms with Gasteiger partial charge >= 0.3 is 0 Å². The molecule has 104 valence electrons. The topological polar surface area (TPSA) is 41.0 Å². The molecule has 0 unspecified atom stereocenters. The summed E-state index contributed by atoms with van der Waals surface area (Å²) in [5.41, 5.74) is 1.46. The Morgan fingerprint density at radius 1 is 1.35 bits per heavy atom. The number of hydrogen-bond donors (Lipinski definition) is 1. The average Bonchev–Trinajstić information content (AvgIpc) is 3.24. The van der Waals surface area contributed by atoms with Gasteiger partial charge in [0.1, 0.15) is 17.5 Å². The van der Waals surface area contributed by atoms with Crippen LogP contribution in [0, 0.1) is 0 Å². The van der Waals surface area contributed by atoms with Crippen LogP contribution in [0.1, 0.15) is 35.0 Å². The maximum Gasteiger partial charge on any atom is 0.136 e. The summed E-state index contributed by atoms with van der Waals surface area (Å²) < 4.78 is 0. The Labute approximate surface area is 122 Å². The van der Waals surface area contributed by atoms with E-state index >= 15 is 0 Å². The molecule has 0 amide bonds. The fraction of sp³-hybridized carbons (Fsp3) is 0.467. The Morgan fingerprint density at radius 2 is 2.25 bits per heavy atom. The molecule has 1 saturated carbocycles. The summed E-state index contributed by atoms with van der Waals surface area (Å²) in [7, 11) is 1.93. The van der Waals surface area contributed by atoms with Crippen molar-refractivity contribution in [3.63, 3.8) is 0 Å². The van der Waals surface area contributed by atoms with Gasteiger partial charge in [-0.3, -0.25) is 0 Å². The standard InChI is InChI=1S/C15H18N4S/c1-16-13-8-14(18-15(17-13)10-2-3-10)19-6-4-12-11(9-19)5-7-20-12/h5,7-8,10H,2-4,6,9H2,1H3,(H,16,17,18). The first kappa shape index (κ1) is 12.1. The molecular weight excluding hydrogens is 268 g/mol. The second kappa shape index (κ2) is 4.74. The minimum atomic E-state index is 0.587. The van der Waals surface area contributed by atoms with Gasteiger partial charge in [0.15, 0.2) is 0 Å². The van der Waals surface area contributed by atoms with Crippen LogP contribution in [0.15, 0.2) is 17.5 Å². The van der Waals surface area contributed by atoms with Gasteiger partial charge in [0.2, 0.25) is 0 Å². The average molecular weight is 286 g/mol. The molecule has 0 atom stereocenters. The summed E-state index contributed by atoms with van der Waals surface area (Å²) in [5.74, 6) is 3.61. The highest BCUT2D eigenvalue weighted by molar-refractivity contribution is 7.10. The summed E-state index contributed by atoms with van der Waals surface area (Å²) in [6.45, 7) is 2.03. The number of anilines is 2. The van der Waals surface area contributed by atoms with Gasteiger partial charge in [-0.15, -0.1) is 11.3 Å². The van der Waals surface area contributed by atoms with E-state index in [1.807, 2.05) is 18.4 Å². The quantitative estimate of drug-likeness (QED) is 0.941. The third-order valence-electron chi connectivity index (χ3n) is 4.06. The zero-order valence-electron chi connectivity index (χ0n) is 11.6. The summed E-state index contributed by atoms with van der Waals surface area (Å²) in [6, 6.07) is 4.32. The SMILES string of the molecule is CNc1cc(N2CCc3sccc3C2)nc(C2CC2)n1. The van der Waals surface area contributed by atoms with Crippen LogP contribution in [0.5, 0.6) is 0 Å². The van der Waals surface area contributed by atoms with Crippen LogP contribution in [-0.2, 0) is 13.0 Å². The minimum absolute atomic E-state index is 0.587. The normalized spacial score (nSPS) is 17.9. The molecule has 0 bridgehead atoms. The van der Waals surface area contributed by atoms with E-state index in [-0.39, 0.29) is 0 Å². The van der Waals surface area contributed by atoms with Gasteiger partial charge in [0.25, 0.3) is 0 Å². The molecule has 2 aromatic rings. The lowest BCUT2D eigenvalue weighted by Gasteiger charge is -2.28. The van der Waals surface area contributed by atoms with Gasteiger partial charge in [-0.2, -0.15) is 0 Å². The third kappa shape index (κ3) is 2.16. The zero-order valence-corrected chi connectivity index (χ0v) is 12.4. The predicted molar refractivity (Wildman–Crippen MR) is 82.6 cm³/mol. The number of thiophene rings is 1. The van der Waals surface area contributed by atoms with E-state index in [0.717, 1.165) is 37.0 Å². The van der Waals surface area contributed by atoms with Crippen LogP contribution in [0.25, 0.3) is 0 Å². The van der Waals surface area contributed by atoms with Crippen molar-refractivity contribution in [1.29, 1.82) is 0 Å². The maximum absolute atomic E-state index is 4.80. The summed E-state index contributed by atoms with van der Waals surface area (Å²) in [4.78, 5) is 13.3. The highest BCUT2D eigenvalue weighted by atomic mass is 32.1. The van der Waals surface area contributed by atoms with E-state index in [0.29, 0.717) is 5.92 Å². The molecule has 0 spiro atoms. The molecule has 5 heteroatoms. The van der Waals surface area contributed by atoms with Gasteiger partial charge in [-0.05, 0) is 36.3 Å². The first-order chi connectivity index (χ1) is 9.83. The van der Waals surface area contributed by atoms with E-state index in [9.17, 15) is 0 Å². The highest BCUT2D eigenvalue weighted by Crippen LogP contribution is 2.39. The van der Waals surface area contributed by atoms with Gasteiger partial charge < -0.3 is 10.2 Å². The van der Waals surface area contributed by atoms with Crippen molar-refractivity contribution in [3.8, 4) is 0 Å². The number of hydrogen-bond acceptors (Lipinski definition) is 5. The first-order valence-electron chi connectivity index (χ1n) is 7.20. The molecule has 1 aliphatic heterocycles. The van der Waals surface area contributed by atoms with Gasteiger partial charge in [-0.25, -0.2) is 9.97 Å². The molecule has 3 heterocycles. The smallest absolute Gasteiger partial charge is 0.136 e. The molecule has 0 saturated heterocycles. The summed E-state index contributed by atoms with van der Waals surface area (Å²) in [6.07, 6.45) is 3.60. The second-order valence-corrected chi connectivity index (χ2v) is 6.54. The van der Waals surface area contributed by atoms with Gasteiger partial charge in [0, 0.05) is 37.0 Å². The van der Waals surface area contributed by atoms with Crippen molar-refractivity contribution in [3.05, 3.63) is 33.8 Å². The molecule has 0 aromatic carbocycles. The van der Waals surface area contributed by atoms with Crippen LogP contribution in [0.3, 0.4) is 0 Å². The van der Waals surface area contributed by atoms with E-state index in [4.69, 9.17) is 4.98 Å². The molecule has 0 radical (unpaired) electrons. The molecule has 4 nitrogen and oxygen atoms in total. The Balaban J connectivity index is 1.66. The molecule has 1 aliphatic carbocycles. The molecule has 4 rings (SSSR count). The predicted octanol–water partition coefficient (Wildman–Crippen LogP) is 3.02. The highest BCUT2D eigenvalue weighted by Gasteiger charge is 2.28. The summed E-state index contributed by atoms with van der Waals surface area (Å²) in [5, 5.41) is 5.37. The van der Waals surface area contributed by atoms with Crippen LogP contribution in [0.4, 0.5) is 11.6 Å². The largest absolute Gasteiger partial charge is 0.373 e. The number of rotatable bonds is 3. The van der Waals surface area contributed by atoms with E-state index in [1.54, 1.807) is 0 Å². The van der Waals surface area contributed by atoms with Crippen molar-refractivity contribution < 1.29 is 0 Å². The Kier molecular flexibility index (Phi) is 2.88. The van der Waals surface area contributed by atoms with Crippen molar-refractivity contribution in [1.82, 2.24) is 9.97 Å². The van der Waals surface area contributed by atoms with E-state index < -0.39 is 0 Å². The molecule has 2 aliphatic rings. The Hall–Kier alpha value is -1.62. The summed E-state index contributed by atoms with van der Waals surface area (Å²) >= 11 is 1.88. The number of aromatic nitrogens is 2.